The molecular weight excluding hydrogens is 382 g/mol. The number of sulfonamides is 1. The Bertz CT molecular complexity index is 913. The fourth-order valence-corrected chi connectivity index (χ4v) is 4.47. The average molecular weight is 407 g/mol. The molecule has 2 aromatic rings. The summed E-state index contributed by atoms with van der Waals surface area (Å²) >= 11 is 0. The Morgan fingerprint density at radius 1 is 1.25 bits per heavy atom. The zero-order valence-corrected chi connectivity index (χ0v) is 17.1. The Morgan fingerprint density at radius 3 is 2.46 bits per heavy atom. The molecule has 0 radical (unpaired) electrons. The minimum Gasteiger partial charge on any atom is -0.455 e. The molecule has 1 aliphatic rings. The van der Waals surface area contributed by atoms with Crippen LogP contribution in [0.2, 0.25) is 0 Å². The van der Waals surface area contributed by atoms with Crippen LogP contribution >= 0.6 is 0 Å². The van der Waals surface area contributed by atoms with Gasteiger partial charge in [-0.1, -0.05) is 36.7 Å². The van der Waals surface area contributed by atoms with E-state index >= 15 is 0 Å². The van der Waals surface area contributed by atoms with E-state index in [-0.39, 0.29) is 48.3 Å². The van der Waals surface area contributed by atoms with E-state index in [2.05, 4.69) is 10.1 Å². The second-order valence-corrected chi connectivity index (χ2v) is 9.24. The number of aromatic nitrogens is 2. The largest absolute Gasteiger partial charge is 0.455 e. The second kappa shape index (κ2) is 8.40. The zero-order valence-electron chi connectivity index (χ0n) is 16.3. The Kier molecular flexibility index (Phi) is 6.14. The third-order valence-corrected chi connectivity index (χ3v) is 6.70. The lowest BCUT2D eigenvalue weighted by molar-refractivity contribution is -0.152. The minimum atomic E-state index is -3.54. The molecule has 0 N–H and O–H groups in total. The molecular formula is C19H25N3O5S. The first-order chi connectivity index (χ1) is 13.3. The molecule has 0 saturated carbocycles. The molecule has 1 aromatic heterocycles. The third kappa shape index (κ3) is 4.59. The highest BCUT2D eigenvalue weighted by molar-refractivity contribution is 7.89. The lowest BCUT2D eigenvalue weighted by Gasteiger charge is -2.30. The smallest absolute Gasteiger partial charge is 0.309 e. The summed E-state index contributed by atoms with van der Waals surface area (Å²) in [6.07, 6.45) is 0.843. The van der Waals surface area contributed by atoms with Crippen molar-refractivity contribution >= 4 is 16.0 Å². The zero-order chi connectivity index (χ0) is 20.3. The number of rotatable bonds is 6. The molecule has 8 nitrogen and oxygen atoms in total. The number of hydrogen-bond donors (Lipinski definition) is 0. The van der Waals surface area contributed by atoms with E-state index in [0.717, 1.165) is 5.56 Å². The predicted molar refractivity (Wildman–Crippen MR) is 101 cm³/mol. The molecule has 2 heterocycles. The lowest BCUT2D eigenvalue weighted by Crippen LogP contribution is -2.40. The first kappa shape index (κ1) is 20.5. The van der Waals surface area contributed by atoms with Gasteiger partial charge in [0.1, 0.15) is 0 Å². The number of benzene rings is 1. The van der Waals surface area contributed by atoms with E-state index in [4.69, 9.17) is 9.26 Å². The van der Waals surface area contributed by atoms with Crippen molar-refractivity contribution in [3.63, 3.8) is 0 Å². The highest BCUT2D eigenvalue weighted by Crippen LogP contribution is 2.25. The van der Waals surface area contributed by atoms with Crippen LogP contribution < -0.4 is 0 Å². The van der Waals surface area contributed by atoms with Crippen molar-refractivity contribution in [2.24, 2.45) is 5.92 Å². The van der Waals surface area contributed by atoms with Gasteiger partial charge in [0, 0.05) is 19.0 Å². The number of carbonyl (C=O) groups is 1. The van der Waals surface area contributed by atoms with E-state index < -0.39 is 10.0 Å². The van der Waals surface area contributed by atoms with E-state index in [1.807, 2.05) is 20.8 Å². The van der Waals surface area contributed by atoms with Crippen LogP contribution in [0.25, 0.3) is 0 Å². The lowest BCUT2D eigenvalue weighted by atomic mass is 9.98. The van der Waals surface area contributed by atoms with Gasteiger partial charge in [0.05, 0.1) is 10.8 Å². The van der Waals surface area contributed by atoms with Crippen molar-refractivity contribution < 1.29 is 22.5 Å². The third-order valence-electron chi connectivity index (χ3n) is 4.78. The van der Waals surface area contributed by atoms with Crippen LogP contribution in [0.3, 0.4) is 0 Å². The summed E-state index contributed by atoms with van der Waals surface area (Å²) in [7, 11) is -3.54. The first-order valence-corrected chi connectivity index (χ1v) is 10.8. The Hall–Kier alpha value is -2.26. The fourth-order valence-electron chi connectivity index (χ4n) is 3.00. The summed E-state index contributed by atoms with van der Waals surface area (Å²) in [5, 5.41) is 3.83. The standard InChI is InChI=1S/C19H25N3O5S/c1-13(2)18-20-17(27-21-18)12-26-19(23)15-8-10-22(11-9-15)28(24,25)16-6-4-14(3)5-7-16/h4-7,13,15H,8-12H2,1-3H3. The van der Waals surface area contributed by atoms with Gasteiger partial charge in [-0.3, -0.25) is 4.79 Å². The Labute approximate surface area is 164 Å². The van der Waals surface area contributed by atoms with Gasteiger partial charge in [-0.25, -0.2) is 8.42 Å². The molecule has 0 aliphatic carbocycles. The van der Waals surface area contributed by atoms with E-state index in [1.165, 1.54) is 4.31 Å². The molecule has 0 spiro atoms. The summed E-state index contributed by atoms with van der Waals surface area (Å²) in [5.74, 6) is 0.263. The van der Waals surface area contributed by atoms with Crippen molar-refractivity contribution in [1.29, 1.82) is 0 Å². The molecule has 0 amide bonds. The molecule has 1 aromatic carbocycles. The maximum atomic E-state index is 12.7. The van der Waals surface area contributed by atoms with Gasteiger partial charge in [-0.05, 0) is 31.9 Å². The monoisotopic (exact) mass is 407 g/mol. The predicted octanol–water partition coefficient (Wildman–Crippen LogP) is 2.65. The van der Waals surface area contributed by atoms with Gasteiger partial charge in [0.25, 0.3) is 5.89 Å². The van der Waals surface area contributed by atoms with Gasteiger partial charge in [-0.15, -0.1) is 0 Å². The highest BCUT2D eigenvalue weighted by Gasteiger charge is 2.33. The summed E-state index contributed by atoms with van der Waals surface area (Å²) in [6, 6.07) is 6.78. The summed E-state index contributed by atoms with van der Waals surface area (Å²) in [5.41, 5.74) is 1.00. The maximum absolute atomic E-state index is 12.7. The Morgan fingerprint density at radius 2 is 1.89 bits per heavy atom. The molecule has 9 heteroatoms. The number of aryl methyl sites for hydroxylation is 1. The van der Waals surface area contributed by atoms with Crippen LogP contribution in [0, 0.1) is 12.8 Å². The van der Waals surface area contributed by atoms with Gasteiger partial charge in [0.2, 0.25) is 10.0 Å². The van der Waals surface area contributed by atoms with Crippen LogP contribution in [0.1, 0.15) is 49.9 Å². The second-order valence-electron chi connectivity index (χ2n) is 7.30. The molecule has 1 aliphatic heterocycles. The molecule has 0 unspecified atom stereocenters. The van der Waals surface area contributed by atoms with Crippen LogP contribution in [0.4, 0.5) is 0 Å². The molecule has 28 heavy (non-hydrogen) atoms. The van der Waals surface area contributed by atoms with Crippen molar-refractivity contribution in [1.82, 2.24) is 14.4 Å². The van der Waals surface area contributed by atoms with Gasteiger partial charge in [-0.2, -0.15) is 9.29 Å². The number of ether oxygens (including phenoxy) is 1. The van der Waals surface area contributed by atoms with Crippen molar-refractivity contribution in [3.05, 3.63) is 41.5 Å². The highest BCUT2D eigenvalue weighted by atomic mass is 32.2. The van der Waals surface area contributed by atoms with Crippen molar-refractivity contribution in [3.8, 4) is 0 Å². The van der Waals surface area contributed by atoms with E-state index in [0.29, 0.717) is 18.7 Å². The summed E-state index contributed by atoms with van der Waals surface area (Å²) in [4.78, 5) is 16.7. The molecule has 3 rings (SSSR count). The minimum absolute atomic E-state index is 0.0690. The van der Waals surface area contributed by atoms with Gasteiger partial charge < -0.3 is 9.26 Å². The molecule has 152 valence electrons. The number of nitrogens with zero attached hydrogens (tertiary/aromatic N) is 3. The van der Waals surface area contributed by atoms with Crippen molar-refractivity contribution in [2.45, 2.75) is 51.0 Å². The normalized spacial score (nSPS) is 16.4. The Balaban J connectivity index is 1.52. The SMILES string of the molecule is Cc1ccc(S(=O)(=O)N2CCC(C(=O)OCc3nc(C(C)C)no3)CC2)cc1. The quantitative estimate of drug-likeness (QED) is 0.678. The maximum Gasteiger partial charge on any atom is 0.309 e. The van der Waals surface area contributed by atoms with Crippen LogP contribution in [0.5, 0.6) is 0 Å². The number of carbonyl (C=O) groups excluding carboxylic acids is 1. The van der Waals surface area contributed by atoms with Crippen LogP contribution in [-0.4, -0.2) is 41.9 Å². The van der Waals surface area contributed by atoms with Crippen molar-refractivity contribution in [2.75, 3.05) is 13.1 Å². The molecule has 0 atom stereocenters. The van der Waals surface area contributed by atoms with Gasteiger partial charge >= 0.3 is 5.97 Å². The topological polar surface area (TPSA) is 103 Å². The van der Waals surface area contributed by atoms with E-state index in [9.17, 15) is 13.2 Å². The van der Waals surface area contributed by atoms with E-state index in [1.54, 1.807) is 24.3 Å². The van der Waals surface area contributed by atoms with Crippen LogP contribution in [-0.2, 0) is 26.2 Å². The number of hydrogen-bond acceptors (Lipinski definition) is 7. The molecule has 0 bridgehead atoms. The van der Waals surface area contributed by atoms with Crippen LogP contribution in [0.15, 0.2) is 33.7 Å². The molecule has 1 fully saturated rings. The number of piperidine rings is 1. The summed E-state index contributed by atoms with van der Waals surface area (Å²) in [6.45, 7) is 6.30. The molecule has 1 saturated heterocycles. The average Bonchev–Trinajstić information content (AvgIpc) is 3.16. The van der Waals surface area contributed by atoms with Gasteiger partial charge in [0.15, 0.2) is 12.4 Å². The fraction of sp³-hybridized carbons (Fsp3) is 0.526. The number of esters is 1. The first-order valence-electron chi connectivity index (χ1n) is 9.33. The summed E-state index contributed by atoms with van der Waals surface area (Å²) < 4.78 is 37.2.